The molecule has 0 bridgehead atoms. The molecule has 0 aliphatic rings. The molecule has 2 rings (SSSR count). The van der Waals surface area contributed by atoms with E-state index in [1.807, 2.05) is 6.07 Å². The number of nitrogens with zero attached hydrogens (tertiary/aromatic N) is 1. The summed E-state index contributed by atoms with van der Waals surface area (Å²) >= 11 is 0. The van der Waals surface area contributed by atoms with Gasteiger partial charge in [0.1, 0.15) is 11.9 Å². The van der Waals surface area contributed by atoms with Gasteiger partial charge in [-0.15, -0.1) is 0 Å². The van der Waals surface area contributed by atoms with Crippen molar-refractivity contribution in [3.63, 3.8) is 0 Å². The summed E-state index contributed by atoms with van der Waals surface area (Å²) in [5, 5.41) is 11.7. The zero-order valence-electron chi connectivity index (χ0n) is 15.4. The number of halogens is 4. The summed E-state index contributed by atoms with van der Waals surface area (Å²) in [5.41, 5.74) is 0.687. The SMILES string of the molecule is COc1cc(CCC(=O)NC(C#N)c2ccccc2F)ccc1OCC(F)(F)F. The normalized spacial score (nSPS) is 12.0. The van der Waals surface area contributed by atoms with Crippen molar-refractivity contribution < 1.29 is 31.8 Å². The van der Waals surface area contributed by atoms with E-state index in [4.69, 9.17) is 9.47 Å². The number of aryl methyl sites for hydroxylation is 1. The van der Waals surface area contributed by atoms with Gasteiger partial charge in [-0.25, -0.2) is 4.39 Å². The average Bonchev–Trinajstić information content (AvgIpc) is 2.69. The zero-order valence-corrected chi connectivity index (χ0v) is 15.4. The van der Waals surface area contributed by atoms with E-state index < -0.39 is 30.5 Å². The summed E-state index contributed by atoms with van der Waals surface area (Å²) in [7, 11) is 1.29. The predicted octanol–water partition coefficient (Wildman–Crippen LogP) is 4.09. The molecule has 2 aromatic carbocycles. The molecule has 1 N–H and O–H groups in total. The molecule has 5 nitrogen and oxygen atoms in total. The molecule has 0 aliphatic heterocycles. The van der Waals surface area contributed by atoms with Crippen molar-refractivity contribution in [1.82, 2.24) is 5.32 Å². The number of methoxy groups -OCH3 is 1. The van der Waals surface area contributed by atoms with Crippen LogP contribution in [0.1, 0.15) is 23.6 Å². The summed E-state index contributed by atoms with van der Waals surface area (Å²) in [4.78, 5) is 12.1. The van der Waals surface area contributed by atoms with Crippen LogP contribution in [0.5, 0.6) is 11.5 Å². The van der Waals surface area contributed by atoms with Gasteiger partial charge in [0.15, 0.2) is 18.1 Å². The Morgan fingerprint density at radius 3 is 2.55 bits per heavy atom. The van der Waals surface area contributed by atoms with E-state index in [-0.39, 0.29) is 29.9 Å². The quantitative estimate of drug-likeness (QED) is 0.666. The molecule has 0 saturated carbocycles. The Morgan fingerprint density at radius 1 is 1.21 bits per heavy atom. The smallest absolute Gasteiger partial charge is 0.422 e. The lowest BCUT2D eigenvalue weighted by Crippen LogP contribution is -2.28. The monoisotopic (exact) mass is 410 g/mol. The molecule has 2 aromatic rings. The molecule has 0 aromatic heterocycles. The van der Waals surface area contributed by atoms with Crippen LogP contribution in [0.4, 0.5) is 17.6 Å². The molecule has 0 aliphatic carbocycles. The maximum absolute atomic E-state index is 13.8. The Morgan fingerprint density at radius 2 is 1.93 bits per heavy atom. The second kappa shape index (κ2) is 9.78. The third kappa shape index (κ3) is 6.68. The van der Waals surface area contributed by atoms with Crippen LogP contribution >= 0.6 is 0 Å². The van der Waals surface area contributed by atoms with Crippen molar-refractivity contribution in [2.24, 2.45) is 0 Å². The second-order valence-electron chi connectivity index (χ2n) is 6.04. The predicted molar refractivity (Wildman–Crippen MR) is 95.8 cm³/mol. The highest BCUT2D eigenvalue weighted by molar-refractivity contribution is 5.77. The number of nitrogens with one attached hydrogen (secondary N) is 1. The van der Waals surface area contributed by atoms with Crippen molar-refractivity contribution >= 4 is 5.91 Å². The Hall–Kier alpha value is -3.28. The minimum absolute atomic E-state index is 0.0153. The van der Waals surface area contributed by atoms with Crippen LogP contribution in [0.2, 0.25) is 0 Å². The number of hydrogen-bond donors (Lipinski definition) is 1. The standard InChI is InChI=1S/C20H18F4N2O3/c1-28-18-10-13(6-8-17(18)29-12-20(22,23)24)7-9-19(27)26-16(11-25)14-4-2-3-5-15(14)21/h2-6,8,10,16H,7,9,12H2,1H3,(H,26,27). The largest absolute Gasteiger partial charge is 0.493 e. The lowest BCUT2D eigenvalue weighted by molar-refractivity contribution is -0.153. The van der Waals surface area contributed by atoms with Crippen molar-refractivity contribution in [3.8, 4) is 17.6 Å². The van der Waals surface area contributed by atoms with E-state index in [0.29, 0.717) is 5.56 Å². The number of nitriles is 1. The highest BCUT2D eigenvalue weighted by Crippen LogP contribution is 2.30. The second-order valence-corrected chi connectivity index (χ2v) is 6.04. The number of alkyl halides is 3. The van der Waals surface area contributed by atoms with Crippen LogP contribution in [0.3, 0.4) is 0 Å². The maximum Gasteiger partial charge on any atom is 0.422 e. The minimum Gasteiger partial charge on any atom is -0.493 e. The number of carbonyl (C=O) groups excluding carboxylic acids is 1. The number of hydrogen-bond acceptors (Lipinski definition) is 4. The molecule has 0 heterocycles. The summed E-state index contributed by atoms with van der Waals surface area (Å²) in [5.74, 6) is -1.04. The molecule has 0 saturated heterocycles. The highest BCUT2D eigenvalue weighted by Gasteiger charge is 2.29. The first kappa shape index (κ1) is 22.0. The third-order valence-electron chi connectivity index (χ3n) is 3.91. The van der Waals surface area contributed by atoms with Crippen molar-refractivity contribution in [2.75, 3.05) is 13.7 Å². The van der Waals surface area contributed by atoms with Crippen molar-refractivity contribution in [2.45, 2.75) is 25.1 Å². The Balaban J connectivity index is 1.97. The first-order valence-corrected chi connectivity index (χ1v) is 8.53. The molecule has 1 unspecified atom stereocenters. The van der Waals surface area contributed by atoms with E-state index in [0.717, 1.165) is 0 Å². The van der Waals surface area contributed by atoms with Gasteiger partial charge in [0, 0.05) is 12.0 Å². The molecule has 154 valence electrons. The van der Waals surface area contributed by atoms with E-state index in [1.165, 1.54) is 43.5 Å². The van der Waals surface area contributed by atoms with Gasteiger partial charge < -0.3 is 14.8 Å². The fourth-order valence-corrected chi connectivity index (χ4v) is 2.53. The maximum atomic E-state index is 13.8. The Kier molecular flexibility index (Phi) is 7.42. The average molecular weight is 410 g/mol. The number of carbonyl (C=O) groups is 1. The lowest BCUT2D eigenvalue weighted by atomic mass is 10.1. The third-order valence-corrected chi connectivity index (χ3v) is 3.91. The first-order chi connectivity index (χ1) is 13.7. The lowest BCUT2D eigenvalue weighted by Gasteiger charge is -2.14. The van der Waals surface area contributed by atoms with Crippen LogP contribution in [0.15, 0.2) is 42.5 Å². The fourth-order valence-electron chi connectivity index (χ4n) is 2.53. The van der Waals surface area contributed by atoms with Gasteiger partial charge in [0.05, 0.1) is 13.2 Å². The van der Waals surface area contributed by atoms with Crippen LogP contribution < -0.4 is 14.8 Å². The van der Waals surface area contributed by atoms with Gasteiger partial charge in [-0.2, -0.15) is 18.4 Å². The van der Waals surface area contributed by atoms with Gasteiger partial charge in [-0.05, 0) is 30.2 Å². The van der Waals surface area contributed by atoms with Crippen molar-refractivity contribution in [3.05, 3.63) is 59.4 Å². The molecule has 0 radical (unpaired) electrons. The molecule has 9 heteroatoms. The summed E-state index contributed by atoms with van der Waals surface area (Å²) in [6, 6.07) is 10.7. The molecular weight excluding hydrogens is 392 g/mol. The van der Waals surface area contributed by atoms with Crippen LogP contribution in [-0.4, -0.2) is 25.8 Å². The molecule has 0 spiro atoms. The van der Waals surface area contributed by atoms with Gasteiger partial charge in [0.2, 0.25) is 5.91 Å². The van der Waals surface area contributed by atoms with E-state index in [2.05, 4.69) is 5.32 Å². The van der Waals surface area contributed by atoms with E-state index in [9.17, 15) is 27.6 Å². The topological polar surface area (TPSA) is 71.3 Å². The van der Waals surface area contributed by atoms with E-state index >= 15 is 0 Å². The Labute approximate surface area is 164 Å². The number of ether oxygens (including phenoxy) is 2. The molecule has 0 fully saturated rings. The number of amides is 1. The van der Waals surface area contributed by atoms with Gasteiger partial charge in [0.25, 0.3) is 0 Å². The van der Waals surface area contributed by atoms with Crippen LogP contribution in [0.25, 0.3) is 0 Å². The molecule has 29 heavy (non-hydrogen) atoms. The summed E-state index contributed by atoms with van der Waals surface area (Å²) < 4.78 is 60.4. The van der Waals surface area contributed by atoms with Crippen molar-refractivity contribution in [1.29, 1.82) is 5.26 Å². The summed E-state index contributed by atoms with van der Waals surface area (Å²) in [6.45, 7) is -1.45. The summed E-state index contributed by atoms with van der Waals surface area (Å²) in [6.07, 6.45) is -4.26. The Bertz CT molecular complexity index is 894. The van der Waals surface area contributed by atoms with Gasteiger partial charge in [-0.3, -0.25) is 4.79 Å². The fraction of sp³-hybridized carbons (Fsp3) is 0.300. The zero-order chi connectivity index (χ0) is 21.4. The minimum atomic E-state index is -4.47. The number of rotatable bonds is 8. The first-order valence-electron chi connectivity index (χ1n) is 8.53. The molecule has 1 atom stereocenters. The molecular formula is C20H18F4N2O3. The highest BCUT2D eigenvalue weighted by atomic mass is 19.4. The van der Waals surface area contributed by atoms with Gasteiger partial charge >= 0.3 is 6.18 Å². The van der Waals surface area contributed by atoms with Gasteiger partial charge in [-0.1, -0.05) is 24.3 Å². The van der Waals surface area contributed by atoms with E-state index in [1.54, 1.807) is 6.07 Å². The molecule has 1 amide bonds. The van der Waals surface area contributed by atoms with Crippen LogP contribution in [-0.2, 0) is 11.2 Å². The number of benzene rings is 2. The van der Waals surface area contributed by atoms with Crippen LogP contribution in [0, 0.1) is 17.1 Å².